The van der Waals surface area contributed by atoms with Gasteiger partial charge in [-0.2, -0.15) is 0 Å². The Morgan fingerprint density at radius 2 is 1.88 bits per heavy atom. The van der Waals surface area contributed by atoms with Gasteiger partial charge in [0.1, 0.15) is 0 Å². The highest BCUT2D eigenvalue weighted by Gasteiger charge is 2.25. The van der Waals surface area contributed by atoms with Crippen molar-refractivity contribution in [3.05, 3.63) is 29.8 Å². The number of carbonyl (C=O) groups excluding carboxylic acids is 2. The summed E-state index contributed by atoms with van der Waals surface area (Å²) in [5.74, 6) is -0.706. The van der Waals surface area contributed by atoms with E-state index < -0.39 is 10.3 Å². The molecular weight excluding hydrogens is 286 g/mol. The zero-order valence-corrected chi connectivity index (χ0v) is 11.5. The molecule has 0 saturated heterocycles. The molecule has 0 aromatic heterocycles. The smallest absolute Gasteiger partial charge is 0.339 e. The number of benzene rings is 1. The molecule has 1 aromatic rings. The van der Waals surface area contributed by atoms with Crippen molar-refractivity contribution in [1.29, 1.82) is 0 Å². The van der Waals surface area contributed by atoms with Gasteiger partial charge in [-0.25, -0.2) is 4.79 Å². The SMILES string of the molecule is COC(=O)c1ccccc1NC(=O)C(C)(C)Br. The van der Waals surface area contributed by atoms with Crippen molar-refractivity contribution in [3.63, 3.8) is 0 Å². The number of anilines is 1. The van der Waals surface area contributed by atoms with E-state index in [9.17, 15) is 9.59 Å². The van der Waals surface area contributed by atoms with Crippen molar-refractivity contribution in [2.45, 2.75) is 18.2 Å². The zero-order chi connectivity index (χ0) is 13.1. The van der Waals surface area contributed by atoms with Crippen molar-refractivity contribution < 1.29 is 14.3 Å². The molecule has 0 aliphatic heterocycles. The van der Waals surface area contributed by atoms with Crippen LogP contribution in [-0.4, -0.2) is 23.3 Å². The highest BCUT2D eigenvalue weighted by molar-refractivity contribution is 9.10. The number of carbonyl (C=O) groups is 2. The molecule has 5 heteroatoms. The molecule has 0 unspecified atom stereocenters. The molecule has 0 aliphatic carbocycles. The van der Waals surface area contributed by atoms with Gasteiger partial charge in [-0.05, 0) is 26.0 Å². The van der Waals surface area contributed by atoms with Crippen LogP contribution in [0.1, 0.15) is 24.2 Å². The minimum absolute atomic E-state index is 0.228. The number of halogens is 1. The summed E-state index contributed by atoms with van der Waals surface area (Å²) in [6.45, 7) is 3.45. The van der Waals surface area contributed by atoms with Crippen molar-refractivity contribution >= 4 is 33.5 Å². The van der Waals surface area contributed by atoms with Crippen LogP contribution in [0.2, 0.25) is 0 Å². The first-order valence-corrected chi connectivity index (χ1v) is 5.83. The summed E-state index contributed by atoms with van der Waals surface area (Å²) in [4.78, 5) is 23.3. The Hall–Kier alpha value is -1.36. The normalized spacial score (nSPS) is 10.8. The fraction of sp³-hybridized carbons (Fsp3) is 0.333. The summed E-state index contributed by atoms with van der Waals surface area (Å²) in [6, 6.07) is 6.70. The number of methoxy groups -OCH3 is 1. The summed E-state index contributed by atoms with van der Waals surface area (Å²) in [5, 5.41) is 2.68. The maximum absolute atomic E-state index is 11.8. The molecule has 1 rings (SSSR count). The van der Waals surface area contributed by atoms with Gasteiger partial charge in [-0.15, -0.1) is 0 Å². The number of hydrogen-bond acceptors (Lipinski definition) is 3. The van der Waals surface area contributed by atoms with Crippen molar-refractivity contribution in [3.8, 4) is 0 Å². The molecule has 4 nitrogen and oxygen atoms in total. The van der Waals surface area contributed by atoms with Crippen LogP contribution in [0.5, 0.6) is 0 Å². The molecular formula is C12H14BrNO3. The quantitative estimate of drug-likeness (QED) is 0.689. The maximum atomic E-state index is 11.8. The van der Waals surface area contributed by atoms with Crippen LogP contribution in [0.25, 0.3) is 0 Å². The molecule has 1 N–H and O–H groups in total. The van der Waals surface area contributed by atoms with Crippen molar-refractivity contribution in [2.75, 3.05) is 12.4 Å². The van der Waals surface area contributed by atoms with Gasteiger partial charge < -0.3 is 10.1 Å². The highest BCUT2D eigenvalue weighted by atomic mass is 79.9. The lowest BCUT2D eigenvalue weighted by atomic mass is 10.1. The second-order valence-electron chi connectivity index (χ2n) is 3.96. The Kier molecular flexibility index (Phi) is 4.28. The third-order valence-corrected chi connectivity index (χ3v) is 2.48. The first-order valence-electron chi connectivity index (χ1n) is 5.04. The Morgan fingerprint density at radius 3 is 2.41 bits per heavy atom. The molecule has 0 radical (unpaired) electrons. The molecule has 0 spiro atoms. The van der Waals surface area contributed by atoms with E-state index in [2.05, 4.69) is 26.0 Å². The highest BCUT2D eigenvalue weighted by Crippen LogP contribution is 2.21. The minimum atomic E-state index is -0.698. The molecule has 0 heterocycles. The van der Waals surface area contributed by atoms with E-state index in [4.69, 9.17) is 0 Å². The number of alkyl halides is 1. The van der Waals surface area contributed by atoms with Crippen molar-refractivity contribution in [1.82, 2.24) is 0 Å². The van der Waals surface area contributed by atoms with Gasteiger partial charge >= 0.3 is 5.97 Å². The van der Waals surface area contributed by atoms with Gasteiger partial charge in [-0.1, -0.05) is 28.1 Å². The standard InChI is InChI=1S/C12H14BrNO3/c1-12(2,13)11(16)14-9-7-5-4-6-8(9)10(15)17-3/h4-7H,1-3H3,(H,14,16). The predicted molar refractivity (Wildman–Crippen MR) is 69.4 cm³/mol. The van der Waals surface area contributed by atoms with Crippen LogP contribution in [-0.2, 0) is 9.53 Å². The maximum Gasteiger partial charge on any atom is 0.339 e. The average Bonchev–Trinajstić information content (AvgIpc) is 2.27. The third kappa shape index (κ3) is 3.56. The summed E-state index contributed by atoms with van der Waals surface area (Å²) < 4.78 is 3.94. The van der Waals surface area contributed by atoms with E-state index in [0.29, 0.717) is 11.3 Å². The number of esters is 1. The van der Waals surface area contributed by atoms with Gasteiger partial charge in [0.2, 0.25) is 5.91 Å². The molecule has 1 aromatic carbocycles. The van der Waals surface area contributed by atoms with Gasteiger partial charge in [-0.3, -0.25) is 4.79 Å². The van der Waals surface area contributed by atoms with E-state index in [1.54, 1.807) is 38.1 Å². The average molecular weight is 300 g/mol. The third-order valence-electron chi connectivity index (χ3n) is 2.12. The minimum Gasteiger partial charge on any atom is -0.465 e. The number of nitrogens with one attached hydrogen (secondary N) is 1. The molecule has 17 heavy (non-hydrogen) atoms. The van der Waals surface area contributed by atoms with E-state index in [1.165, 1.54) is 7.11 Å². The van der Waals surface area contributed by atoms with Crippen LogP contribution < -0.4 is 5.32 Å². The molecule has 92 valence electrons. The summed E-state index contributed by atoms with van der Waals surface area (Å²) in [7, 11) is 1.30. The predicted octanol–water partition coefficient (Wildman–Crippen LogP) is 2.59. The number of amides is 1. The van der Waals surface area contributed by atoms with E-state index in [0.717, 1.165) is 0 Å². The largest absolute Gasteiger partial charge is 0.465 e. The summed E-state index contributed by atoms with van der Waals surface area (Å²) >= 11 is 3.25. The van der Waals surface area contributed by atoms with Gasteiger partial charge in [0.05, 0.1) is 22.7 Å². The lowest BCUT2D eigenvalue weighted by Crippen LogP contribution is -2.31. The fourth-order valence-corrected chi connectivity index (χ4v) is 1.25. The van der Waals surface area contributed by atoms with Crippen LogP contribution in [0.4, 0.5) is 5.69 Å². The van der Waals surface area contributed by atoms with Crippen molar-refractivity contribution in [2.24, 2.45) is 0 Å². The first-order chi connectivity index (χ1) is 7.86. The van der Waals surface area contributed by atoms with Gasteiger partial charge in [0, 0.05) is 0 Å². The van der Waals surface area contributed by atoms with Crippen LogP contribution in [0.3, 0.4) is 0 Å². The molecule has 0 fully saturated rings. The van der Waals surface area contributed by atoms with Crippen LogP contribution in [0.15, 0.2) is 24.3 Å². The summed E-state index contributed by atoms with van der Waals surface area (Å²) in [5.41, 5.74) is 0.775. The fourth-order valence-electron chi connectivity index (χ4n) is 1.15. The molecule has 0 atom stereocenters. The van der Waals surface area contributed by atoms with Crippen LogP contribution >= 0.6 is 15.9 Å². The van der Waals surface area contributed by atoms with Gasteiger partial charge in [0.25, 0.3) is 0 Å². The number of ether oxygens (including phenoxy) is 1. The zero-order valence-electron chi connectivity index (χ0n) is 9.91. The lowest BCUT2D eigenvalue weighted by Gasteiger charge is -2.17. The summed E-state index contributed by atoms with van der Waals surface area (Å²) in [6.07, 6.45) is 0. The molecule has 0 aliphatic rings. The van der Waals surface area contributed by atoms with E-state index >= 15 is 0 Å². The Labute approximate surface area is 108 Å². The first kappa shape index (κ1) is 13.7. The molecule has 1 amide bonds. The monoisotopic (exact) mass is 299 g/mol. The van der Waals surface area contributed by atoms with E-state index in [1.807, 2.05) is 0 Å². The Morgan fingerprint density at radius 1 is 1.29 bits per heavy atom. The number of rotatable bonds is 3. The Bertz CT molecular complexity index is 438. The van der Waals surface area contributed by atoms with Gasteiger partial charge in [0.15, 0.2) is 0 Å². The second kappa shape index (κ2) is 5.31. The van der Waals surface area contributed by atoms with E-state index in [-0.39, 0.29) is 5.91 Å². The number of para-hydroxylation sites is 1. The van der Waals surface area contributed by atoms with Crippen LogP contribution in [0, 0.1) is 0 Å². The topological polar surface area (TPSA) is 55.4 Å². The molecule has 0 saturated carbocycles. The lowest BCUT2D eigenvalue weighted by molar-refractivity contribution is -0.117. The number of hydrogen-bond donors (Lipinski definition) is 1. The Balaban J connectivity index is 2.99. The second-order valence-corrected chi connectivity index (χ2v) is 5.95. The molecule has 0 bridgehead atoms.